The van der Waals surface area contributed by atoms with Crippen molar-refractivity contribution in [2.45, 2.75) is 26.4 Å². The van der Waals surface area contributed by atoms with Gasteiger partial charge in [0.1, 0.15) is 11.6 Å². The Labute approximate surface area is 200 Å². The molecule has 1 aromatic carbocycles. The standard InChI is InChI=1S/C22H30N6O2.HI/c1-17(2)30-19-8-6-18(7-9-19)26-22(23)25-12-10-21(29)28-15-13-27(14-16-28)20-5-3-4-11-24-20;/h3-9,11,17H,10,12-16H2,1-2H3,(H3,23,25,26);1H. The van der Waals surface area contributed by atoms with E-state index in [-0.39, 0.29) is 36.0 Å². The molecule has 1 aliphatic rings. The first-order valence-corrected chi connectivity index (χ1v) is 10.3. The lowest BCUT2D eigenvalue weighted by Crippen LogP contribution is -2.49. The summed E-state index contributed by atoms with van der Waals surface area (Å²) in [6.45, 7) is 7.28. The minimum Gasteiger partial charge on any atom is -0.491 e. The zero-order valence-electron chi connectivity index (χ0n) is 18.0. The third kappa shape index (κ3) is 7.89. The van der Waals surface area contributed by atoms with Crippen LogP contribution >= 0.6 is 24.0 Å². The van der Waals surface area contributed by atoms with Crippen molar-refractivity contribution < 1.29 is 9.53 Å². The molecule has 0 radical (unpaired) electrons. The fraction of sp³-hybridized carbons (Fsp3) is 0.409. The number of hydrogen-bond acceptors (Lipinski definition) is 5. The minimum atomic E-state index is 0. The maximum atomic E-state index is 12.5. The van der Waals surface area contributed by atoms with Gasteiger partial charge in [0, 0.05) is 44.5 Å². The highest BCUT2D eigenvalue weighted by Gasteiger charge is 2.21. The summed E-state index contributed by atoms with van der Waals surface area (Å²) >= 11 is 0. The first-order chi connectivity index (χ1) is 14.5. The zero-order valence-corrected chi connectivity index (χ0v) is 20.4. The Balaban J connectivity index is 0.00000341. The molecule has 3 N–H and O–H groups in total. The molecular weight excluding hydrogens is 507 g/mol. The highest BCUT2D eigenvalue weighted by Crippen LogP contribution is 2.17. The molecule has 9 heteroatoms. The zero-order chi connectivity index (χ0) is 21.3. The van der Waals surface area contributed by atoms with Gasteiger partial charge in [0.05, 0.1) is 12.6 Å². The molecule has 0 aliphatic carbocycles. The number of piperazine rings is 1. The van der Waals surface area contributed by atoms with Gasteiger partial charge in [-0.1, -0.05) is 6.07 Å². The molecule has 168 valence electrons. The van der Waals surface area contributed by atoms with Crippen LogP contribution in [0.4, 0.5) is 11.5 Å². The molecule has 0 atom stereocenters. The van der Waals surface area contributed by atoms with Crippen molar-refractivity contribution in [1.82, 2.24) is 9.88 Å². The number of nitrogens with two attached hydrogens (primary N) is 1. The number of aliphatic imine (C=N–C) groups is 1. The topological polar surface area (TPSA) is 96.1 Å². The third-order valence-electron chi connectivity index (χ3n) is 4.71. The van der Waals surface area contributed by atoms with E-state index in [1.54, 1.807) is 6.20 Å². The second kappa shape index (κ2) is 12.3. The second-order valence-corrected chi connectivity index (χ2v) is 7.39. The fourth-order valence-corrected chi connectivity index (χ4v) is 3.23. The Morgan fingerprint density at radius 3 is 2.48 bits per heavy atom. The van der Waals surface area contributed by atoms with Gasteiger partial charge < -0.3 is 25.6 Å². The lowest BCUT2D eigenvalue weighted by atomic mass is 10.2. The van der Waals surface area contributed by atoms with E-state index >= 15 is 0 Å². The Hall–Kier alpha value is -2.56. The number of guanidine groups is 1. The lowest BCUT2D eigenvalue weighted by Gasteiger charge is -2.35. The molecule has 1 aliphatic heterocycles. The van der Waals surface area contributed by atoms with Crippen LogP contribution in [0.5, 0.6) is 5.75 Å². The molecule has 1 amide bonds. The normalized spacial score (nSPS) is 14.2. The van der Waals surface area contributed by atoms with Gasteiger partial charge in [-0.15, -0.1) is 24.0 Å². The van der Waals surface area contributed by atoms with Crippen molar-refractivity contribution >= 4 is 47.3 Å². The molecule has 1 fully saturated rings. The summed E-state index contributed by atoms with van der Waals surface area (Å²) in [4.78, 5) is 25.2. The van der Waals surface area contributed by atoms with Crippen LogP contribution in [0.3, 0.4) is 0 Å². The van der Waals surface area contributed by atoms with E-state index in [0.29, 0.717) is 32.0 Å². The molecule has 0 spiro atoms. The van der Waals surface area contributed by atoms with E-state index < -0.39 is 0 Å². The number of amides is 1. The molecule has 1 saturated heterocycles. The summed E-state index contributed by atoms with van der Waals surface area (Å²) in [5.74, 6) is 2.15. The Morgan fingerprint density at radius 2 is 1.87 bits per heavy atom. The van der Waals surface area contributed by atoms with Gasteiger partial charge in [0.15, 0.2) is 5.96 Å². The molecular formula is C22H31IN6O2. The average Bonchev–Trinajstić information content (AvgIpc) is 2.75. The third-order valence-corrected chi connectivity index (χ3v) is 4.71. The number of ether oxygens (including phenoxy) is 1. The number of carbonyl (C=O) groups is 1. The van der Waals surface area contributed by atoms with E-state index in [0.717, 1.165) is 30.3 Å². The van der Waals surface area contributed by atoms with Crippen LogP contribution in [0.25, 0.3) is 0 Å². The number of rotatable bonds is 7. The number of aromatic nitrogens is 1. The van der Waals surface area contributed by atoms with Crippen molar-refractivity contribution in [3.8, 4) is 5.75 Å². The smallest absolute Gasteiger partial charge is 0.224 e. The summed E-state index contributed by atoms with van der Waals surface area (Å²) in [7, 11) is 0. The number of hydrogen-bond donors (Lipinski definition) is 2. The van der Waals surface area contributed by atoms with Crippen molar-refractivity contribution in [1.29, 1.82) is 0 Å². The number of anilines is 2. The van der Waals surface area contributed by atoms with Crippen LogP contribution in [0.2, 0.25) is 0 Å². The SMILES string of the molecule is CC(C)Oc1ccc(NC(N)=NCCC(=O)N2CCN(c3ccccn3)CC2)cc1.I. The van der Waals surface area contributed by atoms with Crippen LogP contribution in [0.15, 0.2) is 53.7 Å². The fourth-order valence-electron chi connectivity index (χ4n) is 3.23. The summed E-state index contributed by atoms with van der Waals surface area (Å²) in [6, 6.07) is 13.4. The number of benzene rings is 1. The van der Waals surface area contributed by atoms with Gasteiger partial charge in [-0.2, -0.15) is 0 Å². The maximum absolute atomic E-state index is 12.5. The van der Waals surface area contributed by atoms with E-state index in [1.165, 1.54) is 0 Å². The highest BCUT2D eigenvalue weighted by atomic mass is 127. The van der Waals surface area contributed by atoms with Gasteiger partial charge in [0.2, 0.25) is 5.91 Å². The molecule has 8 nitrogen and oxygen atoms in total. The Bertz CT molecular complexity index is 837. The summed E-state index contributed by atoms with van der Waals surface area (Å²) < 4.78 is 5.62. The summed E-state index contributed by atoms with van der Waals surface area (Å²) in [6.07, 6.45) is 2.26. The molecule has 0 unspecified atom stereocenters. The summed E-state index contributed by atoms with van der Waals surface area (Å²) in [5, 5.41) is 3.03. The van der Waals surface area contributed by atoms with Crippen molar-refractivity contribution in [2.75, 3.05) is 42.9 Å². The first-order valence-electron chi connectivity index (χ1n) is 10.3. The summed E-state index contributed by atoms with van der Waals surface area (Å²) in [5.41, 5.74) is 6.76. The predicted octanol–water partition coefficient (Wildman–Crippen LogP) is 2.95. The molecule has 3 rings (SSSR count). The predicted molar refractivity (Wildman–Crippen MR) is 135 cm³/mol. The largest absolute Gasteiger partial charge is 0.491 e. The van der Waals surface area contributed by atoms with Crippen LogP contribution in [-0.2, 0) is 4.79 Å². The molecule has 2 heterocycles. The van der Waals surface area contributed by atoms with E-state index in [1.807, 2.05) is 61.2 Å². The number of nitrogens with zero attached hydrogens (tertiary/aromatic N) is 4. The molecule has 0 bridgehead atoms. The quantitative estimate of drug-likeness (QED) is 0.320. The van der Waals surface area contributed by atoms with Gasteiger partial charge >= 0.3 is 0 Å². The Kier molecular flexibility index (Phi) is 9.83. The average molecular weight is 538 g/mol. The Morgan fingerprint density at radius 1 is 1.16 bits per heavy atom. The van der Waals surface area contributed by atoms with Crippen LogP contribution in [0.1, 0.15) is 20.3 Å². The van der Waals surface area contributed by atoms with Crippen LogP contribution < -0.4 is 20.7 Å². The number of halogens is 1. The van der Waals surface area contributed by atoms with E-state index in [2.05, 4.69) is 20.2 Å². The molecule has 0 saturated carbocycles. The molecule has 2 aromatic rings. The van der Waals surface area contributed by atoms with Crippen molar-refractivity contribution in [2.24, 2.45) is 10.7 Å². The highest BCUT2D eigenvalue weighted by molar-refractivity contribution is 14.0. The molecule has 31 heavy (non-hydrogen) atoms. The van der Waals surface area contributed by atoms with Crippen LogP contribution in [-0.4, -0.2) is 60.6 Å². The van der Waals surface area contributed by atoms with Crippen molar-refractivity contribution in [3.63, 3.8) is 0 Å². The van der Waals surface area contributed by atoms with Gasteiger partial charge in [-0.3, -0.25) is 9.79 Å². The van der Waals surface area contributed by atoms with Crippen molar-refractivity contribution in [3.05, 3.63) is 48.7 Å². The monoisotopic (exact) mass is 538 g/mol. The lowest BCUT2D eigenvalue weighted by molar-refractivity contribution is -0.131. The number of nitrogens with one attached hydrogen (secondary N) is 1. The maximum Gasteiger partial charge on any atom is 0.224 e. The van der Waals surface area contributed by atoms with E-state index in [4.69, 9.17) is 10.5 Å². The van der Waals surface area contributed by atoms with Crippen LogP contribution in [0, 0.1) is 0 Å². The number of carbonyl (C=O) groups excluding carboxylic acids is 1. The number of pyridine rings is 1. The molecule has 1 aromatic heterocycles. The minimum absolute atomic E-state index is 0. The van der Waals surface area contributed by atoms with E-state index in [9.17, 15) is 4.79 Å². The first kappa shape index (κ1) is 24.7. The van der Waals surface area contributed by atoms with Gasteiger partial charge in [0.25, 0.3) is 0 Å². The second-order valence-electron chi connectivity index (χ2n) is 7.39. The van der Waals surface area contributed by atoms with Gasteiger partial charge in [-0.25, -0.2) is 4.98 Å². The van der Waals surface area contributed by atoms with Gasteiger partial charge in [-0.05, 0) is 50.2 Å².